The Kier molecular flexibility index (Phi) is 5.03. The van der Waals surface area contributed by atoms with E-state index >= 15 is 0 Å². The first kappa shape index (κ1) is 16.4. The number of hydrogen-bond acceptors (Lipinski definition) is 4. The molecule has 1 aromatic carbocycles. The number of nitrogens with zero attached hydrogens (tertiary/aromatic N) is 1. The summed E-state index contributed by atoms with van der Waals surface area (Å²) in [5.74, 6) is 0.267. The second-order valence-corrected chi connectivity index (χ2v) is 7.90. The highest BCUT2D eigenvalue weighted by molar-refractivity contribution is 7.89. The van der Waals surface area contributed by atoms with Crippen LogP contribution in [0.2, 0.25) is 0 Å². The third-order valence-corrected chi connectivity index (χ3v) is 6.09. The first-order valence-corrected chi connectivity index (χ1v) is 8.70. The highest BCUT2D eigenvalue weighted by atomic mass is 32.2. The van der Waals surface area contributed by atoms with E-state index in [9.17, 15) is 13.5 Å². The van der Waals surface area contributed by atoms with Gasteiger partial charge in [0.2, 0.25) is 10.0 Å². The predicted octanol–water partition coefficient (Wildman–Crippen LogP) is 1.36. The molecule has 5 nitrogen and oxygen atoms in total. The van der Waals surface area contributed by atoms with Crippen molar-refractivity contribution in [2.75, 3.05) is 20.6 Å². The van der Waals surface area contributed by atoms with Crippen LogP contribution in [-0.4, -0.2) is 44.6 Å². The van der Waals surface area contributed by atoms with Gasteiger partial charge in [-0.3, -0.25) is 0 Å². The lowest BCUT2D eigenvalue weighted by atomic mass is 9.82. The molecule has 1 saturated carbocycles. The van der Waals surface area contributed by atoms with Crippen molar-refractivity contribution in [2.24, 2.45) is 5.92 Å². The van der Waals surface area contributed by atoms with Crippen LogP contribution in [0.1, 0.15) is 31.4 Å². The smallest absolute Gasteiger partial charge is 0.242 e. The maximum Gasteiger partial charge on any atom is 0.242 e. The summed E-state index contributed by atoms with van der Waals surface area (Å²) in [7, 11) is 0.0269. The minimum Gasteiger partial charge on any atom is -0.393 e. The van der Waals surface area contributed by atoms with Gasteiger partial charge < -0.3 is 10.4 Å². The Morgan fingerprint density at radius 2 is 1.90 bits per heavy atom. The third-order valence-electron chi connectivity index (χ3n) is 4.25. The lowest BCUT2D eigenvalue weighted by Crippen LogP contribution is -2.39. The number of rotatable bonds is 6. The lowest BCUT2D eigenvalue weighted by Gasteiger charge is -2.34. The Bertz CT molecular complexity index is 565. The van der Waals surface area contributed by atoms with E-state index in [4.69, 9.17) is 0 Å². The van der Waals surface area contributed by atoms with E-state index in [0.29, 0.717) is 24.3 Å². The summed E-state index contributed by atoms with van der Waals surface area (Å²) in [5.41, 5.74) is 1.06. The monoisotopic (exact) mass is 312 g/mol. The molecule has 6 heteroatoms. The van der Waals surface area contributed by atoms with Crippen molar-refractivity contribution in [2.45, 2.75) is 36.8 Å². The van der Waals surface area contributed by atoms with Crippen LogP contribution in [-0.2, 0) is 10.0 Å². The van der Waals surface area contributed by atoms with E-state index in [0.717, 1.165) is 5.56 Å². The van der Waals surface area contributed by atoms with Crippen molar-refractivity contribution in [3.05, 3.63) is 29.8 Å². The molecule has 2 rings (SSSR count). The number of sulfonamides is 1. The van der Waals surface area contributed by atoms with Crippen molar-refractivity contribution < 1.29 is 13.5 Å². The van der Waals surface area contributed by atoms with Crippen LogP contribution in [0.4, 0.5) is 0 Å². The molecule has 0 saturated heterocycles. The van der Waals surface area contributed by atoms with Crippen LogP contribution in [0.5, 0.6) is 0 Å². The molecule has 0 aromatic heterocycles. The Balaban J connectivity index is 2.07. The van der Waals surface area contributed by atoms with Gasteiger partial charge in [-0.2, -0.15) is 0 Å². The van der Waals surface area contributed by atoms with Crippen LogP contribution in [0.25, 0.3) is 0 Å². The number of benzene rings is 1. The zero-order valence-electron chi connectivity index (χ0n) is 12.8. The molecule has 118 valence electrons. The summed E-state index contributed by atoms with van der Waals surface area (Å²) in [6.45, 7) is 2.49. The normalized spacial score (nSPS) is 23.9. The SMILES string of the molecule is CNC(C)c1ccc(S(=O)(=O)N(C)CC2CC(O)C2)cc1. The molecule has 1 aliphatic carbocycles. The van der Waals surface area contributed by atoms with E-state index in [1.807, 2.05) is 26.1 Å². The summed E-state index contributed by atoms with van der Waals surface area (Å²) in [5, 5.41) is 12.4. The van der Waals surface area contributed by atoms with Crippen LogP contribution in [0.15, 0.2) is 29.2 Å². The van der Waals surface area contributed by atoms with Gasteiger partial charge in [-0.1, -0.05) is 12.1 Å². The highest BCUT2D eigenvalue weighted by Gasteiger charge is 2.31. The van der Waals surface area contributed by atoms with Gasteiger partial charge in [-0.25, -0.2) is 12.7 Å². The van der Waals surface area contributed by atoms with Gasteiger partial charge in [0.15, 0.2) is 0 Å². The van der Waals surface area contributed by atoms with E-state index in [1.165, 1.54) is 4.31 Å². The van der Waals surface area contributed by atoms with Crippen LogP contribution >= 0.6 is 0 Å². The summed E-state index contributed by atoms with van der Waals surface area (Å²) in [4.78, 5) is 0.317. The largest absolute Gasteiger partial charge is 0.393 e. The molecule has 0 bridgehead atoms. The number of hydrogen-bond donors (Lipinski definition) is 2. The van der Waals surface area contributed by atoms with E-state index in [-0.39, 0.29) is 18.1 Å². The molecule has 0 amide bonds. The maximum atomic E-state index is 12.5. The third kappa shape index (κ3) is 3.63. The van der Waals surface area contributed by atoms with Crippen molar-refractivity contribution in [3.63, 3.8) is 0 Å². The van der Waals surface area contributed by atoms with Gasteiger partial charge in [-0.15, -0.1) is 0 Å². The minimum absolute atomic E-state index is 0.191. The molecular weight excluding hydrogens is 288 g/mol. The lowest BCUT2D eigenvalue weighted by molar-refractivity contribution is 0.0367. The molecule has 0 spiro atoms. The van der Waals surface area contributed by atoms with Crippen LogP contribution in [0.3, 0.4) is 0 Å². The van der Waals surface area contributed by atoms with Crippen molar-refractivity contribution in [1.29, 1.82) is 0 Å². The summed E-state index contributed by atoms with van der Waals surface area (Å²) >= 11 is 0. The summed E-state index contributed by atoms with van der Waals surface area (Å²) in [6, 6.07) is 7.19. The Hall–Kier alpha value is -0.950. The zero-order valence-corrected chi connectivity index (χ0v) is 13.6. The molecule has 0 aliphatic heterocycles. The van der Waals surface area contributed by atoms with Gasteiger partial charge in [0.25, 0.3) is 0 Å². The Morgan fingerprint density at radius 3 is 2.38 bits per heavy atom. The fraction of sp³-hybridized carbons (Fsp3) is 0.600. The number of aliphatic hydroxyl groups is 1. The summed E-state index contributed by atoms with van der Waals surface area (Å²) in [6.07, 6.45) is 1.13. The predicted molar refractivity (Wildman–Crippen MR) is 82.5 cm³/mol. The van der Waals surface area contributed by atoms with Crippen LogP contribution in [0, 0.1) is 5.92 Å². The first-order chi connectivity index (χ1) is 9.84. The average Bonchev–Trinajstić information content (AvgIpc) is 2.44. The van der Waals surface area contributed by atoms with Gasteiger partial charge in [-0.05, 0) is 50.4 Å². The fourth-order valence-electron chi connectivity index (χ4n) is 2.59. The number of nitrogens with one attached hydrogen (secondary N) is 1. The molecule has 0 radical (unpaired) electrons. The van der Waals surface area contributed by atoms with Gasteiger partial charge in [0, 0.05) is 19.6 Å². The minimum atomic E-state index is -3.45. The van der Waals surface area contributed by atoms with E-state index in [2.05, 4.69) is 5.32 Å². The van der Waals surface area contributed by atoms with Gasteiger partial charge in [0.05, 0.1) is 11.0 Å². The fourth-order valence-corrected chi connectivity index (χ4v) is 3.83. The topological polar surface area (TPSA) is 69.6 Å². The molecule has 1 atom stereocenters. The second kappa shape index (κ2) is 6.44. The Morgan fingerprint density at radius 1 is 1.33 bits per heavy atom. The van der Waals surface area contributed by atoms with E-state index < -0.39 is 10.0 Å². The average molecular weight is 312 g/mol. The number of aliphatic hydroxyl groups excluding tert-OH is 1. The van der Waals surface area contributed by atoms with Crippen molar-refractivity contribution in [1.82, 2.24) is 9.62 Å². The second-order valence-electron chi connectivity index (χ2n) is 5.86. The standard InChI is InChI=1S/C15H24N2O3S/c1-11(16-2)13-4-6-15(7-5-13)21(19,20)17(3)10-12-8-14(18)9-12/h4-7,11-12,14,16,18H,8-10H2,1-3H3. The Labute approximate surface area is 127 Å². The van der Waals surface area contributed by atoms with Gasteiger partial charge >= 0.3 is 0 Å². The maximum absolute atomic E-state index is 12.5. The molecule has 2 N–H and O–H groups in total. The molecule has 0 heterocycles. The highest BCUT2D eigenvalue weighted by Crippen LogP contribution is 2.29. The van der Waals surface area contributed by atoms with E-state index in [1.54, 1.807) is 19.2 Å². The first-order valence-electron chi connectivity index (χ1n) is 7.26. The molecular formula is C15H24N2O3S. The van der Waals surface area contributed by atoms with Gasteiger partial charge in [0.1, 0.15) is 0 Å². The molecule has 1 aliphatic rings. The molecule has 21 heavy (non-hydrogen) atoms. The molecule has 1 fully saturated rings. The molecule has 1 unspecified atom stereocenters. The quantitative estimate of drug-likeness (QED) is 0.832. The van der Waals surface area contributed by atoms with Crippen LogP contribution < -0.4 is 5.32 Å². The summed E-state index contributed by atoms with van der Waals surface area (Å²) < 4.78 is 26.4. The molecule has 1 aromatic rings. The van der Waals surface area contributed by atoms with Crippen molar-refractivity contribution in [3.8, 4) is 0 Å². The van der Waals surface area contributed by atoms with Crippen molar-refractivity contribution >= 4 is 10.0 Å². The zero-order chi connectivity index (χ0) is 15.6.